The number of rotatable bonds is 3. The number of benzene rings is 1. The molecule has 1 aliphatic heterocycles. The van der Waals surface area contributed by atoms with Crippen LogP contribution in [-0.2, 0) is 17.9 Å². The summed E-state index contributed by atoms with van der Waals surface area (Å²) in [6.45, 7) is 0.581. The van der Waals surface area contributed by atoms with Crippen LogP contribution in [0.1, 0.15) is 21.9 Å². The van der Waals surface area contributed by atoms with Crippen molar-refractivity contribution in [2.75, 3.05) is 14.2 Å². The van der Waals surface area contributed by atoms with E-state index in [0.717, 1.165) is 5.69 Å². The van der Waals surface area contributed by atoms with Crippen LogP contribution < -0.4 is 0 Å². The van der Waals surface area contributed by atoms with E-state index in [2.05, 4.69) is 15.1 Å². The molecule has 2 aromatic heterocycles. The monoisotopic (exact) mass is 359 g/mol. The van der Waals surface area contributed by atoms with Gasteiger partial charge in [-0.15, -0.1) is 0 Å². The van der Waals surface area contributed by atoms with Gasteiger partial charge in [-0.3, -0.25) is 9.36 Å². The van der Waals surface area contributed by atoms with Crippen molar-refractivity contribution < 1.29 is 14.1 Å². The minimum atomic E-state index is -0.152. The van der Waals surface area contributed by atoms with Gasteiger partial charge in [-0.2, -0.15) is 4.98 Å². The Balaban J connectivity index is 1.88. The molecule has 0 bridgehead atoms. The zero-order valence-corrected chi connectivity index (χ0v) is 14.3. The summed E-state index contributed by atoms with van der Waals surface area (Å²) >= 11 is 6.27. The summed E-state index contributed by atoms with van der Waals surface area (Å²) in [6, 6.07) is 5.33. The van der Waals surface area contributed by atoms with E-state index in [1.54, 1.807) is 37.5 Å². The molecule has 1 amide bonds. The van der Waals surface area contributed by atoms with Crippen molar-refractivity contribution in [3.63, 3.8) is 0 Å². The first-order chi connectivity index (χ1) is 12.1. The first-order valence-electron chi connectivity index (χ1n) is 7.52. The number of carbonyl (C=O) groups is 1. The van der Waals surface area contributed by atoms with Crippen LogP contribution in [0.5, 0.6) is 0 Å². The van der Waals surface area contributed by atoms with E-state index in [0.29, 0.717) is 34.3 Å². The van der Waals surface area contributed by atoms with Gasteiger partial charge in [-0.25, -0.2) is 4.98 Å². The molecule has 4 rings (SSSR count). The Morgan fingerprint density at radius 3 is 3.04 bits per heavy atom. The third-order valence-corrected chi connectivity index (χ3v) is 4.32. The first-order valence-corrected chi connectivity index (χ1v) is 7.90. The van der Waals surface area contributed by atoms with Crippen molar-refractivity contribution in [1.82, 2.24) is 24.6 Å². The molecule has 8 nitrogen and oxygen atoms in total. The number of nitrogens with zero attached hydrogens (tertiary/aromatic N) is 5. The Bertz CT molecular complexity index is 965. The Kier molecular flexibility index (Phi) is 3.78. The average Bonchev–Trinajstić information content (AvgIpc) is 3.19. The van der Waals surface area contributed by atoms with Gasteiger partial charge >= 0.3 is 0 Å². The van der Waals surface area contributed by atoms with Crippen LogP contribution in [0.3, 0.4) is 0 Å². The number of ether oxygens (including phenoxy) is 1. The third-order valence-electron chi connectivity index (χ3n) is 4.01. The highest BCUT2D eigenvalue weighted by Crippen LogP contribution is 2.32. The molecule has 0 saturated heterocycles. The maximum Gasteiger partial charge on any atom is 0.278 e. The van der Waals surface area contributed by atoms with Gasteiger partial charge in [0.1, 0.15) is 12.9 Å². The minimum absolute atomic E-state index is 0.152. The highest BCUT2D eigenvalue weighted by Gasteiger charge is 2.29. The number of carbonyl (C=O) groups excluding carboxylic acids is 1. The van der Waals surface area contributed by atoms with Gasteiger partial charge in [0.2, 0.25) is 0 Å². The van der Waals surface area contributed by atoms with Gasteiger partial charge < -0.3 is 14.2 Å². The molecule has 25 heavy (non-hydrogen) atoms. The van der Waals surface area contributed by atoms with E-state index in [1.807, 2.05) is 10.6 Å². The van der Waals surface area contributed by atoms with Crippen molar-refractivity contribution in [1.29, 1.82) is 0 Å². The molecule has 0 radical (unpaired) electrons. The number of amides is 1. The molecule has 3 aromatic rings. The van der Waals surface area contributed by atoms with E-state index in [4.69, 9.17) is 20.9 Å². The van der Waals surface area contributed by atoms with Gasteiger partial charge in [0, 0.05) is 14.2 Å². The second-order valence-corrected chi connectivity index (χ2v) is 6.06. The lowest BCUT2D eigenvalue weighted by molar-refractivity contribution is 0.0788. The van der Waals surface area contributed by atoms with Crippen LogP contribution in [0.25, 0.3) is 17.3 Å². The smallest absolute Gasteiger partial charge is 0.278 e. The molecule has 0 atom stereocenters. The van der Waals surface area contributed by atoms with E-state index < -0.39 is 0 Å². The maximum absolute atomic E-state index is 12.7. The Hall–Kier alpha value is -2.71. The summed E-state index contributed by atoms with van der Waals surface area (Å²) in [4.78, 5) is 23.0. The molecule has 9 heteroatoms. The lowest BCUT2D eigenvalue weighted by Gasteiger charge is -2.14. The Labute approximate surface area is 148 Å². The molecule has 0 saturated carbocycles. The molecular formula is C16H14ClN5O3. The first kappa shape index (κ1) is 15.8. The fourth-order valence-electron chi connectivity index (χ4n) is 2.86. The van der Waals surface area contributed by atoms with Crippen LogP contribution in [0, 0.1) is 0 Å². The molecule has 3 heterocycles. The summed E-state index contributed by atoms with van der Waals surface area (Å²) in [5.74, 6) is 0.564. The molecular weight excluding hydrogens is 346 g/mol. The predicted molar refractivity (Wildman–Crippen MR) is 88.4 cm³/mol. The highest BCUT2D eigenvalue weighted by atomic mass is 35.5. The molecule has 0 aliphatic carbocycles. The van der Waals surface area contributed by atoms with Crippen LogP contribution in [-0.4, -0.2) is 44.7 Å². The summed E-state index contributed by atoms with van der Waals surface area (Å²) in [7, 11) is 3.27. The molecule has 0 fully saturated rings. The summed E-state index contributed by atoms with van der Waals surface area (Å²) in [6.07, 6.45) is 1.63. The second kappa shape index (κ2) is 5.98. The predicted octanol–water partition coefficient (Wildman–Crippen LogP) is 2.31. The Morgan fingerprint density at radius 2 is 2.24 bits per heavy atom. The van der Waals surface area contributed by atoms with E-state index >= 15 is 0 Å². The molecule has 0 spiro atoms. The second-order valence-electron chi connectivity index (χ2n) is 5.65. The number of imidazole rings is 1. The van der Waals surface area contributed by atoms with Gasteiger partial charge in [0.25, 0.3) is 11.8 Å². The fourth-order valence-corrected chi connectivity index (χ4v) is 3.11. The quantitative estimate of drug-likeness (QED) is 0.713. The van der Waals surface area contributed by atoms with Crippen molar-refractivity contribution in [2.45, 2.75) is 13.2 Å². The van der Waals surface area contributed by atoms with E-state index in [1.165, 1.54) is 0 Å². The fraction of sp³-hybridized carbons (Fsp3) is 0.250. The summed E-state index contributed by atoms with van der Waals surface area (Å²) in [5.41, 5.74) is 2.42. The largest absolute Gasteiger partial charge is 0.377 e. The molecule has 128 valence electrons. The maximum atomic E-state index is 12.7. The minimum Gasteiger partial charge on any atom is -0.377 e. The highest BCUT2D eigenvalue weighted by molar-refractivity contribution is 6.34. The van der Waals surface area contributed by atoms with E-state index in [9.17, 15) is 4.79 Å². The number of methoxy groups -OCH3 is 1. The zero-order valence-electron chi connectivity index (χ0n) is 13.6. The Morgan fingerprint density at radius 1 is 1.40 bits per heavy atom. The van der Waals surface area contributed by atoms with Gasteiger partial charge in [-0.1, -0.05) is 22.8 Å². The van der Waals surface area contributed by atoms with Gasteiger partial charge in [0.05, 0.1) is 28.5 Å². The zero-order chi connectivity index (χ0) is 17.6. The summed E-state index contributed by atoms with van der Waals surface area (Å²) in [5, 5.41) is 4.27. The molecule has 1 aromatic carbocycles. The summed E-state index contributed by atoms with van der Waals surface area (Å²) < 4.78 is 12.1. The number of halogens is 1. The normalized spacial score (nSPS) is 13.6. The molecule has 0 N–H and O–H groups in total. The van der Waals surface area contributed by atoms with Crippen LogP contribution in [0.15, 0.2) is 29.0 Å². The number of hydrogen-bond acceptors (Lipinski definition) is 6. The molecule has 0 unspecified atom stereocenters. The number of aromatic nitrogens is 4. The van der Waals surface area contributed by atoms with Crippen molar-refractivity contribution >= 4 is 17.5 Å². The number of fused-ring (bicyclic) bond motifs is 3. The van der Waals surface area contributed by atoms with Gasteiger partial charge in [0.15, 0.2) is 11.5 Å². The van der Waals surface area contributed by atoms with Crippen LogP contribution in [0.2, 0.25) is 5.02 Å². The lowest BCUT2D eigenvalue weighted by atomic mass is 10.1. The topological polar surface area (TPSA) is 86.3 Å². The lowest BCUT2D eigenvalue weighted by Crippen LogP contribution is -2.25. The van der Waals surface area contributed by atoms with Crippen molar-refractivity contribution in [2.24, 2.45) is 0 Å². The standard InChI is InChI=1S/C16H14ClN5O3/c1-21-6-11-14(15-19-12(7-24-2)20-25-15)18-8-22(11)10-5-3-4-9(17)13(10)16(21)23/h3-5,8H,6-7H2,1-2H3. The average molecular weight is 360 g/mol. The molecule has 1 aliphatic rings. The van der Waals surface area contributed by atoms with E-state index in [-0.39, 0.29) is 18.4 Å². The SMILES string of the molecule is COCc1noc(-c2ncn3c2CN(C)C(=O)c2c(Cl)cccc2-3)n1. The van der Waals surface area contributed by atoms with Crippen LogP contribution in [0.4, 0.5) is 0 Å². The van der Waals surface area contributed by atoms with Gasteiger partial charge in [-0.05, 0) is 12.1 Å². The van der Waals surface area contributed by atoms with Crippen molar-refractivity contribution in [3.05, 3.63) is 46.6 Å². The van der Waals surface area contributed by atoms with Crippen molar-refractivity contribution in [3.8, 4) is 17.3 Å². The number of hydrogen-bond donors (Lipinski definition) is 0. The third kappa shape index (κ3) is 2.50. The van der Waals surface area contributed by atoms with Crippen LogP contribution >= 0.6 is 11.6 Å².